The van der Waals surface area contributed by atoms with Crippen LogP contribution in [0.1, 0.15) is 41.7 Å². The normalized spacial score (nSPS) is 16.0. The van der Waals surface area contributed by atoms with Gasteiger partial charge < -0.3 is 0 Å². The minimum absolute atomic E-state index is 0.131. The second-order valence-electron chi connectivity index (χ2n) is 5.93. The van der Waals surface area contributed by atoms with Gasteiger partial charge in [0.2, 0.25) is 10.0 Å². The minimum atomic E-state index is -3.67. The van der Waals surface area contributed by atoms with Crippen molar-refractivity contribution >= 4 is 15.8 Å². The Morgan fingerprint density at radius 3 is 2.39 bits per heavy atom. The Bertz CT molecular complexity index is 811. The molecule has 1 saturated carbocycles. The molecule has 0 amide bonds. The van der Waals surface area contributed by atoms with Crippen molar-refractivity contribution in [2.24, 2.45) is 5.92 Å². The molecule has 1 atom stereocenters. The van der Waals surface area contributed by atoms with E-state index in [4.69, 9.17) is 0 Å². The first-order valence-corrected chi connectivity index (χ1v) is 9.14. The quantitative estimate of drug-likeness (QED) is 0.827. The van der Waals surface area contributed by atoms with E-state index < -0.39 is 10.0 Å². The summed E-state index contributed by atoms with van der Waals surface area (Å²) < 4.78 is 28.2. The maximum absolute atomic E-state index is 12.7. The third-order valence-electron chi connectivity index (χ3n) is 4.09. The summed E-state index contributed by atoms with van der Waals surface area (Å²) in [5.41, 5.74) is 1.37. The number of benzene rings is 2. The van der Waals surface area contributed by atoms with Gasteiger partial charge in [-0.15, -0.1) is 0 Å². The maximum atomic E-state index is 12.7. The predicted molar refractivity (Wildman–Crippen MR) is 88.7 cm³/mol. The molecule has 1 N–H and O–H groups in total. The zero-order valence-electron chi connectivity index (χ0n) is 12.9. The molecule has 0 saturated heterocycles. The van der Waals surface area contributed by atoms with E-state index >= 15 is 0 Å². The second kappa shape index (κ2) is 6.26. The van der Waals surface area contributed by atoms with Crippen molar-refractivity contribution in [1.82, 2.24) is 4.72 Å². The van der Waals surface area contributed by atoms with Crippen LogP contribution in [-0.4, -0.2) is 14.2 Å². The summed E-state index contributed by atoms with van der Waals surface area (Å²) in [6, 6.07) is 15.6. The fourth-order valence-corrected chi connectivity index (χ4v) is 3.98. The van der Waals surface area contributed by atoms with Gasteiger partial charge in [0.25, 0.3) is 0 Å². The van der Waals surface area contributed by atoms with E-state index in [-0.39, 0.29) is 16.7 Å². The monoisotopic (exact) mass is 329 g/mol. The number of carbonyl (C=O) groups is 1. The van der Waals surface area contributed by atoms with Gasteiger partial charge in [0, 0.05) is 11.6 Å². The molecule has 0 aliphatic heterocycles. The van der Waals surface area contributed by atoms with Crippen LogP contribution in [0.25, 0.3) is 0 Å². The van der Waals surface area contributed by atoms with Gasteiger partial charge in [-0.05, 0) is 43.4 Å². The predicted octanol–water partition coefficient (Wildman–Crippen LogP) is 3.32. The summed E-state index contributed by atoms with van der Waals surface area (Å²) in [6.45, 7) is 1.43. The molecule has 0 radical (unpaired) electrons. The van der Waals surface area contributed by atoms with E-state index in [2.05, 4.69) is 4.72 Å². The smallest absolute Gasteiger partial charge is 0.241 e. The number of hydrogen-bond acceptors (Lipinski definition) is 3. The van der Waals surface area contributed by atoms with Crippen LogP contribution in [0.4, 0.5) is 0 Å². The Labute approximate surface area is 136 Å². The molecule has 4 nitrogen and oxygen atoms in total. The molecule has 0 aromatic heterocycles. The van der Waals surface area contributed by atoms with E-state index in [0.29, 0.717) is 11.5 Å². The largest absolute Gasteiger partial charge is 0.295 e. The van der Waals surface area contributed by atoms with Crippen molar-refractivity contribution in [3.8, 4) is 0 Å². The Morgan fingerprint density at radius 1 is 1.09 bits per heavy atom. The molecule has 2 aromatic rings. The van der Waals surface area contributed by atoms with Crippen LogP contribution in [0.5, 0.6) is 0 Å². The molecule has 5 heteroatoms. The van der Waals surface area contributed by atoms with Crippen LogP contribution < -0.4 is 4.72 Å². The highest BCUT2D eigenvalue weighted by atomic mass is 32.2. The molecular weight excluding hydrogens is 310 g/mol. The lowest BCUT2D eigenvalue weighted by atomic mass is 10.0. The number of sulfonamides is 1. The molecule has 0 bridgehead atoms. The molecule has 2 aromatic carbocycles. The van der Waals surface area contributed by atoms with Gasteiger partial charge in [0.15, 0.2) is 5.78 Å². The molecular formula is C18H19NO3S. The highest BCUT2D eigenvalue weighted by Crippen LogP contribution is 2.41. The zero-order chi connectivity index (χ0) is 16.4. The van der Waals surface area contributed by atoms with Crippen LogP contribution in [0.15, 0.2) is 59.5 Å². The Balaban J connectivity index is 1.90. The summed E-state index contributed by atoms with van der Waals surface area (Å²) in [6.07, 6.45) is 2.05. The van der Waals surface area contributed by atoms with E-state index in [1.54, 1.807) is 12.1 Å². The van der Waals surface area contributed by atoms with Crippen molar-refractivity contribution in [3.63, 3.8) is 0 Å². The first-order valence-electron chi connectivity index (χ1n) is 7.65. The van der Waals surface area contributed by atoms with Gasteiger partial charge in [-0.3, -0.25) is 4.79 Å². The maximum Gasteiger partial charge on any atom is 0.241 e. The van der Waals surface area contributed by atoms with Crippen molar-refractivity contribution in [2.75, 3.05) is 0 Å². The molecule has 23 heavy (non-hydrogen) atoms. The molecule has 1 aliphatic rings. The number of ketones is 1. The van der Waals surface area contributed by atoms with Crippen LogP contribution in [-0.2, 0) is 10.0 Å². The molecule has 0 heterocycles. The molecule has 120 valence electrons. The summed E-state index contributed by atoms with van der Waals surface area (Å²) in [7, 11) is -3.67. The van der Waals surface area contributed by atoms with E-state index in [1.165, 1.54) is 19.1 Å². The van der Waals surface area contributed by atoms with Crippen LogP contribution in [0.2, 0.25) is 0 Å². The van der Waals surface area contributed by atoms with Gasteiger partial charge >= 0.3 is 0 Å². The van der Waals surface area contributed by atoms with E-state index in [9.17, 15) is 13.2 Å². The third kappa shape index (κ3) is 3.68. The summed E-state index contributed by atoms with van der Waals surface area (Å²) >= 11 is 0. The summed E-state index contributed by atoms with van der Waals surface area (Å²) in [5.74, 6) is 0.187. The Kier molecular flexibility index (Phi) is 4.33. The average Bonchev–Trinajstić information content (AvgIpc) is 3.38. The topological polar surface area (TPSA) is 63.2 Å². The fourth-order valence-electron chi connectivity index (χ4n) is 2.64. The number of Topliss-reactive ketones (excluding diaryl/α,β-unsaturated/α-hetero) is 1. The van der Waals surface area contributed by atoms with Crippen LogP contribution in [0.3, 0.4) is 0 Å². The molecule has 1 fully saturated rings. The molecule has 1 aliphatic carbocycles. The van der Waals surface area contributed by atoms with E-state index in [1.807, 2.05) is 30.3 Å². The third-order valence-corrected chi connectivity index (χ3v) is 5.52. The first kappa shape index (κ1) is 15.9. The average molecular weight is 329 g/mol. The van der Waals surface area contributed by atoms with Crippen molar-refractivity contribution < 1.29 is 13.2 Å². The standard InChI is InChI=1S/C18H19NO3S/c1-13(20)16-8-5-9-17(12-16)23(21,22)19-18(15-10-11-15)14-6-3-2-4-7-14/h2-9,12,15,18-19H,10-11H2,1H3/t18-/m1/s1. The molecule has 0 spiro atoms. The summed E-state index contributed by atoms with van der Waals surface area (Å²) in [4.78, 5) is 11.6. The minimum Gasteiger partial charge on any atom is -0.295 e. The Hall–Kier alpha value is -1.98. The number of rotatable bonds is 6. The van der Waals surface area contributed by atoms with Crippen LogP contribution in [0, 0.1) is 5.92 Å². The lowest BCUT2D eigenvalue weighted by Crippen LogP contribution is -2.30. The van der Waals surface area contributed by atoms with Crippen molar-refractivity contribution in [3.05, 3.63) is 65.7 Å². The fraction of sp³-hybridized carbons (Fsp3) is 0.278. The Morgan fingerprint density at radius 2 is 1.78 bits per heavy atom. The SMILES string of the molecule is CC(=O)c1cccc(S(=O)(=O)N[C@H](c2ccccc2)C2CC2)c1. The second-order valence-corrected chi connectivity index (χ2v) is 7.65. The van der Waals surface area contributed by atoms with Crippen LogP contribution >= 0.6 is 0 Å². The number of hydrogen-bond donors (Lipinski definition) is 1. The highest BCUT2D eigenvalue weighted by molar-refractivity contribution is 7.89. The summed E-state index contributed by atoms with van der Waals surface area (Å²) in [5, 5.41) is 0. The first-order chi connectivity index (χ1) is 11.0. The van der Waals surface area contributed by atoms with E-state index in [0.717, 1.165) is 18.4 Å². The van der Waals surface area contributed by atoms with Gasteiger partial charge in [-0.2, -0.15) is 0 Å². The highest BCUT2D eigenvalue weighted by Gasteiger charge is 2.35. The number of nitrogens with one attached hydrogen (secondary N) is 1. The van der Waals surface area contributed by atoms with Gasteiger partial charge in [0.1, 0.15) is 0 Å². The molecule has 0 unspecified atom stereocenters. The van der Waals surface area contributed by atoms with Gasteiger partial charge in [-0.25, -0.2) is 13.1 Å². The lowest BCUT2D eigenvalue weighted by Gasteiger charge is -2.19. The number of carbonyl (C=O) groups excluding carboxylic acids is 1. The van der Waals surface area contributed by atoms with Gasteiger partial charge in [0.05, 0.1) is 4.90 Å². The molecule has 3 rings (SSSR count). The van der Waals surface area contributed by atoms with Gasteiger partial charge in [-0.1, -0.05) is 42.5 Å². The zero-order valence-corrected chi connectivity index (χ0v) is 13.7. The van der Waals surface area contributed by atoms with Crippen molar-refractivity contribution in [2.45, 2.75) is 30.7 Å². The lowest BCUT2D eigenvalue weighted by molar-refractivity contribution is 0.101. The van der Waals surface area contributed by atoms with Crippen molar-refractivity contribution in [1.29, 1.82) is 0 Å².